The highest BCUT2D eigenvalue weighted by molar-refractivity contribution is 5.85. The van der Waals surface area contributed by atoms with Gasteiger partial charge in [-0.25, -0.2) is 20.4 Å². The number of methoxy groups -OCH3 is 1. The minimum Gasteiger partial charge on any atom is -0.493 e. The molecular formula is C20H24N8O7. The van der Waals surface area contributed by atoms with Crippen molar-refractivity contribution in [3.05, 3.63) is 30.1 Å². The molecule has 0 spiro atoms. The third-order valence-corrected chi connectivity index (χ3v) is 5.21. The predicted molar refractivity (Wildman–Crippen MR) is 122 cm³/mol. The SMILES string of the molecule is COc1cc(/C=N/Nc2nc3c(N)ncnc3n2[C@@H]2O[C@H](CO)[C@@H](O)[C@@H]2O)ccc1OCC(N)=O. The van der Waals surface area contributed by atoms with E-state index in [0.29, 0.717) is 17.1 Å². The van der Waals surface area contributed by atoms with Crippen LogP contribution in [0.15, 0.2) is 29.6 Å². The smallest absolute Gasteiger partial charge is 0.255 e. The summed E-state index contributed by atoms with van der Waals surface area (Å²) in [5, 5.41) is 34.3. The van der Waals surface area contributed by atoms with Crippen LogP contribution in [0.2, 0.25) is 0 Å². The number of fused-ring (bicyclic) bond motifs is 1. The zero-order valence-corrected chi connectivity index (χ0v) is 18.5. The normalized spacial score (nSPS) is 22.1. The van der Waals surface area contributed by atoms with Gasteiger partial charge in [-0.05, 0) is 23.8 Å². The fraction of sp³-hybridized carbons (Fsp3) is 0.350. The van der Waals surface area contributed by atoms with Crippen molar-refractivity contribution in [2.24, 2.45) is 10.8 Å². The van der Waals surface area contributed by atoms with E-state index in [1.165, 1.54) is 24.2 Å². The number of carbonyl (C=O) groups is 1. The molecule has 0 aliphatic carbocycles. The minimum atomic E-state index is -1.39. The summed E-state index contributed by atoms with van der Waals surface area (Å²) in [4.78, 5) is 23.4. The number of hydrazone groups is 1. The van der Waals surface area contributed by atoms with Gasteiger partial charge in [-0.15, -0.1) is 0 Å². The quantitative estimate of drug-likeness (QED) is 0.147. The summed E-state index contributed by atoms with van der Waals surface area (Å²) < 4.78 is 17.6. The number of aromatic nitrogens is 4. The minimum absolute atomic E-state index is 0.0869. The first kappa shape index (κ1) is 24.1. The van der Waals surface area contributed by atoms with Crippen molar-refractivity contribution >= 4 is 35.1 Å². The van der Waals surface area contributed by atoms with Crippen LogP contribution in [0.25, 0.3) is 11.2 Å². The fourth-order valence-corrected chi connectivity index (χ4v) is 3.54. The molecule has 4 atom stereocenters. The monoisotopic (exact) mass is 488 g/mol. The van der Waals surface area contributed by atoms with Crippen LogP contribution in [0.5, 0.6) is 11.5 Å². The Morgan fingerprint density at radius 1 is 1.31 bits per heavy atom. The molecular weight excluding hydrogens is 464 g/mol. The molecule has 15 nitrogen and oxygen atoms in total. The summed E-state index contributed by atoms with van der Waals surface area (Å²) in [7, 11) is 1.44. The van der Waals surface area contributed by atoms with Crippen LogP contribution < -0.4 is 26.4 Å². The standard InChI is InChI=1S/C20H24N8O7/c1-33-11-4-9(2-3-10(11)34-7-13(21)30)5-25-27-20-26-14-17(22)23-8-24-18(14)28(20)19-16(32)15(31)12(6-29)35-19/h2-5,8,12,15-16,19,29,31-32H,6-7H2,1H3,(H2,21,30)(H,26,27)(H2,22,23,24)/b25-5+/t12-,15-,16+,19-/m1/s1. The van der Waals surface area contributed by atoms with Crippen LogP contribution in [-0.2, 0) is 9.53 Å². The number of nitrogen functional groups attached to an aromatic ring is 1. The van der Waals surface area contributed by atoms with Crippen LogP contribution in [0.3, 0.4) is 0 Å². The Kier molecular flexibility index (Phi) is 6.92. The number of hydrogen-bond acceptors (Lipinski definition) is 13. The number of nitrogens with two attached hydrogens (primary N) is 2. The van der Waals surface area contributed by atoms with E-state index in [9.17, 15) is 20.1 Å². The van der Waals surface area contributed by atoms with Gasteiger partial charge in [-0.2, -0.15) is 5.10 Å². The number of rotatable bonds is 9. The Balaban J connectivity index is 1.62. The van der Waals surface area contributed by atoms with E-state index in [4.69, 9.17) is 25.7 Å². The number of amides is 1. The average molecular weight is 488 g/mol. The summed E-state index contributed by atoms with van der Waals surface area (Å²) in [6.45, 7) is -0.797. The second-order valence-corrected chi connectivity index (χ2v) is 7.50. The maximum atomic E-state index is 10.9. The van der Waals surface area contributed by atoms with Gasteiger partial charge in [0.25, 0.3) is 5.91 Å². The largest absolute Gasteiger partial charge is 0.493 e. The molecule has 15 heteroatoms. The van der Waals surface area contributed by atoms with Crippen LogP contribution >= 0.6 is 0 Å². The van der Waals surface area contributed by atoms with Crippen LogP contribution in [0.4, 0.5) is 11.8 Å². The Morgan fingerprint density at radius 3 is 2.80 bits per heavy atom. The van der Waals surface area contributed by atoms with Crippen LogP contribution in [-0.4, -0.2) is 85.6 Å². The summed E-state index contributed by atoms with van der Waals surface area (Å²) >= 11 is 0. The Labute approximate surface area is 198 Å². The second kappa shape index (κ2) is 10.1. The highest BCUT2D eigenvalue weighted by Crippen LogP contribution is 2.35. The van der Waals surface area contributed by atoms with E-state index in [1.54, 1.807) is 18.2 Å². The Morgan fingerprint density at radius 2 is 2.11 bits per heavy atom. The molecule has 1 amide bonds. The first-order valence-electron chi connectivity index (χ1n) is 10.3. The number of aliphatic hydroxyl groups is 3. The molecule has 4 rings (SSSR count). The molecule has 1 aliphatic rings. The van der Waals surface area contributed by atoms with E-state index in [0.717, 1.165) is 0 Å². The highest BCUT2D eigenvalue weighted by Gasteiger charge is 2.45. The Hall–Kier alpha value is -4.05. The zero-order chi connectivity index (χ0) is 25.1. The number of anilines is 2. The molecule has 0 radical (unpaired) electrons. The fourth-order valence-electron chi connectivity index (χ4n) is 3.54. The van der Waals surface area contributed by atoms with Crippen molar-refractivity contribution in [3.8, 4) is 11.5 Å². The van der Waals surface area contributed by atoms with E-state index >= 15 is 0 Å². The van der Waals surface area contributed by atoms with Crippen molar-refractivity contribution in [1.29, 1.82) is 0 Å². The number of benzene rings is 1. The number of primary amides is 1. The first-order valence-corrected chi connectivity index (χ1v) is 10.3. The van der Waals surface area contributed by atoms with E-state index in [2.05, 4.69) is 25.5 Å². The molecule has 8 N–H and O–H groups in total. The van der Waals surface area contributed by atoms with Gasteiger partial charge in [0, 0.05) is 0 Å². The lowest BCUT2D eigenvalue weighted by Gasteiger charge is -2.18. The molecule has 1 aliphatic heterocycles. The van der Waals surface area contributed by atoms with Crippen molar-refractivity contribution in [3.63, 3.8) is 0 Å². The highest BCUT2D eigenvalue weighted by atomic mass is 16.6. The number of carbonyl (C=O) groups excluding carboxylic acids is 1. The lowest BCUT2D eigenvalue weighted by atomic mass is 10.1. The molecule has 1 aromatic carbocycles. The van der Waals surface area contributed by atoms with Crippen molar-refractivity contribution in [2.75, 3.05) is 31.5 Å². The maximum absolute atomic E-state index is 10.9. The van der Waals surface area contributed by atoms with Gasteiger partial charge in [-0.1, -0.05) is 0 Å². The van der Waals surface area contributed by atoms with Gasteiger partial charge >= 0.3 is 0 Å². The summed E-state index contributed by atoms with van der Waals surface area (Å²) in [5.74, 6) is 0.244. The molecule has 3 aromatic rings. The lowest BCUT2D eigenvalue weighted by Crippen LogP contribution is -2.33. The Bertz CT molecular complexity index is 1250. The van der Waals surface area contributed by atoms with E-state index in [-0.39, 0.29) is 29.5 Å². The van der Waals surface area contributed by atoms with Crippen molar-refractivity contribution in [2.45, 2.75) is 24.5 Å². The summed E-state index contributed by atoms with van der Waals surface area (Å²) in [6, 6.07) is 4.89. The van der Waals surface area contributed by atoms with Gasteiger partial charge < -0.3 is 41.0 Å². The molecule has 2 aromatic heterocycles. The van der Waals surface area contributed by atoms with Crippen LogP contribution in [0.1, 0.15) is 11.8 Å². The molecule has 0 bridgehead atoms. The molecule has 3 heterocycles. The average Bonchev–Trinajstić information content (AvgIpc) is 3.35. The first-order chi connectivity index (χ1) is 16.8. The molecule has 186 valence electrons. The predicted octanol–water partition coefficient (Wildman–Crippen LogP) is -1.66. The number of aliphatic hydroxyl groups excluding tert-OH is 3. The number of nitrogens with one attached hydrogen (secondary N) is 1. The molecule has 0 saturated carbocycles. The van der Waals surface area contributed by atoms with Crippen molar-refractivity contribution in [1.82, 2.24) is 19.5 Å². The van der Waals surface area contributed by atoms with Gasteiger partial charge in [0.15, 0.2) is 41.3 Å². The van der Waals surface area contributed by atoms with Gasteiger partial charge in [0.05, 0.1) is 19.9 Å². The molecule has 1 saturated heterocycles. The summed E-state index contributed by atoms with van der Waals surface area (Å²) in [6.07, 6.45) is -2.19. The second-order valence-electron chi connectivity index (χ2n) is 7.50. The van der Waals surface area contributed by atoms with Gasteiger partial charge in [0.1, 0.15) is 24.6 Å². The third-order valence-electron chi connectivity index (χ3n) is 5.21. The molecule has 0 unspecified atom stereocenters. The van der Waals surface area contributed by atoms with Crippen LogP contribution in [0, 0.1) is 0 Å². The van der Waals surface area contributed by atoms with E-state index < -0.39 is 37.1 Å². The van der Waals surface area contributed by atoms with E-state index in [1.807, 2.05) is 0 Å². The summed E-state index contributed by atoms with van der Waals surface area (Å²) in [5.41, 5.74) is 14.8. The van der Waals surface area contributed by atoms with Crippen molar-refractivity contribution < 1.29 is 34.3 Å². The maximum Gasteiger partial charge on any atom is 0.255 e. The number of hydrogen-bond donors (Lipinski definition) is 6. The molecule has 35 heavy (non-hydrogen) atoms. The molecule has 1 fully saturated rings. The van der Waals surface area contributed by atoms with Gasteiger partial charge in [-0.3, -0.25) is 9.36 Å². The number of imidazole rings is 1. The number of ether oxygens (including phenoxy) is 3. The lowest BCUT2D eigenvalue weighted by molar-refractivity contribution is -0.119. The third kappa shape index (κ3) is 4.78. The number of nitrogens with zero attached hydrogens (tertiary/aromatic N) is 5. The zero-order valence-electron chi connectivity index (χ0n) is 18.5. The van der Waals surface area contributed by atoms with Gasteiger partial charge in [0.2, 0.25) is 5.95 Å². The topological polar surface area (TPSA) is 225 Å².